The van der Waals surface area contributed by atoms with E-state index in [9.17, 15) is 14.4 Å². The Labute approximate surface area is 188 Å². The minimum atomic E-state index is -0.447. The number of hydrogen-bond donors (Lipinski definition) is 2. The first-order valence-corrected chi connectivity index (χ1v) is 9.98. The standard InChI is InChI=1S/C24H20N4O5/c1-32-23(30)16-5-7-17(8-6-16)26-24(31)27-18-9-11-20(12-10-18)33-15-19-14-22(29)28-13-3-2-4-21(28)25-19/h2-14H,15H2,1H3,(H2,26,27,31). The summed E-state index contributed by atoms with van der Waals surface area (Å²) < 4.78 is 11.8. The van der Waals surface area contributed by atoms with E-state index in [1.165, 1.54) is 17.6 Å². The molecule has 0 spiro atoms. The lowest BCUT2D eigenvalue weighted by atomic mass is 10.2. The Kier molecular flexibility index (Phi) is 6.31. The third kappa shape index (κ3) is 5.34. The quantitative estimate of drug-likeness (QED) is 0.439. The number of ether oxygens (including phenoxy) is 2. The molecule has 2 aromatic carbocycles. The molecule has 0 saturated carbocycles. The van der Waals surface area contributed by atoms with Gasteiger partial charge in [0.15, 0.2) is 0 Å². The van der Waals surface area contributed by atoms with Crippen molar-refractivity contribution < 1.29 is 19.1 Å². The third-order valence-corrected chi connectivity index (χ3v) is 4.69. The van der Waals surface area contributed by atoms with E-state index in [0.29, 0.717) is 34.0 Å². The zero-order valence-corrected chi connectivity index (χ0v) is 17.6. The molecular weight excluding hydrogens is 424 g/mol. The van der Waals surface area contributed by atoms with Gasteiger partial charge in [0, 0.05) is 23.6 Å². The number of rotatable bonds is 6. The van der Waals surface area contributed by atoms with Crippen LogP contribution in [0.1, 0.15) is 16.1 Å². The lowest BCUT2D eigenvalue weighted by Gasteiger charge is -2.10. The van der Waals surface area contributed by atoms with Crippen molar-refractivity contribution in [3.63, 3.8) is 0 Å². The van der Waals surface area contributed by atoms with Crippen molar-refractivity contribution in [2.75, 3.05) is 17.7 Å². The molecule has 0 bridgehead atoms. The van der Waals surface area contributed by atoms with E-state index in [4.69, 9.17) is 4.74 Å². The minimum absolute atomic E-state index is 0.134. The Bertz CT molecular complexity index is 1350. The van der Waals surface area contributed by atoms with Crippen molar-refractivity contribution >= 4 is 29.0 Å². The first-order chi connectivity index (χ1) is 16.0. The number of amides is 2. The summed E-state index contributed by atoms with van der Waals surface area (Å²) in [4.78, 5) is 40.2. The van der Waals surface area contributed by atoms with Gasteiger partial charge in [-0.05, 0) is 60.7 Å². The monoisotopic (exact) mass is 444 g/mol. The fraction of sp³-hybridized carbons (Fsp3) is 0.0833. The molecule has 0 unspecified atom stereocenters. The van der Waals surface area contributed by atoms with Crippen LogP contribution in [0.2, 0.25) is 0 Å². The van der Waals surface area contributed by atoms with E-state index in [0.717, 1.165) is 0 Å². The highest BCUT2D eigenvalue weighted by Crippen LogP contribution is 2.17. The van der Waals surface area contributed by atoms with Gasteiger partial charge in [0.1, 0.15) is 18.0 Å². The highest BCUT2D eigenvalue weighted by atomic mass is 16.5. The summed E-state index contributed by atoms with van der Waals surface area (Å²) in [6.07, 6.45) is 1.66. The average molecular weight is 444 g/mol. The number of urea groups is 1. The van der Waals surface area contributed by atoms with E-state index in [1.54, 1.807) is 66.9 Å². The topological polar surface area (TPSA) is 111 Å². The van der Waals surface area contributed by atoms with Crippen molar-refractivity contribution in [1.29, 1.82) is 0 Å². The molecule has 0 saturated heterocycles. The minimum Gasteiger partial charge on any atom is -0.487 e. The summed E-state index contributed by atoms with van der Waals surface area (Å²) >= 11 is 0. The normalized spacial score (nSPS) is 10.5. The van der Waals surface area contributed by atoms with Gasteiger partial charge in [0.05, 0.1) is 18.4 Å². The number of nitrogens with one attached hydrogen (secondary N) is 2. The second kappa shape index (κ2) is 9.65. The highest BCUT2D eigenvalue weighted by molar-refractivity contribution is 6.00. The van der Waals surface area contributed by atoms with E-state index in [2.05, 4.69) is 20.4 Å². The van der Waals surface area contributed by atoms with E-state index >= 15 is 0 Å². The van der Waals surface area contributed by atoms with Crippen LogP contribution in [0.15, 0.2) is 83.8 Å². The SMILES string of the molecule is COC(=O)c1ccc(NC(=O)Nc2ccc(OCc3cc(=O)n4ccccc4n3)cc2)cc1. The van der Waals surface area contributed by atoms with E-state index in [-0.39, 0.29) is 12.2 Å². The van der Waals surface area contributed by atoms with Gasteiger partial charge in [-0.25, -0.2) is 14.6 Å². The summed E-state index contributed by atoms with van der Waals surface area (Å²) in [5.74, 6) is 0.117. The number of carbonyl (C=O) groups is 2. The number of hydrogen-bond acceptors (Lipinski definition) is 6. The van der Waals surface area contributed by atoms with Crippen molar-refractivity contribution in [1.82, 2.24) is 9.38 Å². The number of methoxy groups -OCH3 is 1. The molecule has 0 aliphatic heterocycles. The first kappa shape index (κ1) is 21.6. The number of carbonyl (C=O) groups excluding carboxylic acids is 2. The second-order valence-electron chi connectivity index (χ2n) is 6.98. The van der Waals surface area contributed by atoms with E-state index in [1.807, 2.05) is 6.07 Å². The zero-order chi connectivity index (χ0) is 23.2. The lowest BCUT2D eigenvalue weighted by Crippen LogP contribution is -2.19. The molecule has 0 fully saturated rings. The van der Waals surface area contributed by atoms with Gasteiger partial charge in [-0.2, -0.15) is 0 Å². The molecule has 2 aromatic heterocycles. The van der Waals surface area contributed by atoms with Gasteiger partial charge in [-0.15, -0.1) is 0 Å². The molecule has 2 heterocycles. The number of benzene rings is 2. The number of pyridine rings is 1. The molecule has 0 aliphatic carbocycles. The lowest BCUT2D eigenvalue weighted by molar-refractivity contribution is 0.0600. The summed E-state index contributed by atoms with van der Waals surface area (Å²) in [6.45, 7) is 0.134. The Hall–Kier alpha value is -4.66. The van der Waals surface area contributed by atoms with Crippen LogP contribution < -0.4 is 20.9 Å². The molecule has 0 aliphatic rings. The van der Waals surface area contributed by atoms with Crippen molar-refractivity contribution in [2.24, 2.45) is 0 Å². The summed E-state index contributed by atoms with van der Waals surface area (Å²) in [6, 6.07) is 19.5. The molecule has 0 radical (unpaired) electrons. The molecule has 9 nitrogen and oxygen atoms in total. The van der Waals surface area contributed by atoms with Gasteiger partial charge in [-0.1, -0.05) is 6.07 Å². The van der Waals surface area contributed by atoms with Crippen molar-refractivity contribution in [2.45, 2.75) is 6.61 Å². The molecule has 9 heteroatoms. The average Bonchev–Trinajstić information content (AvgIpc) is 2.83. The molecule has 33 heavy (non-hydrogen) atoms. The molecule has 0 atom stereocenters. The zero-order valence-electron chi connectivity index (χ0n) is 17.6. The Balaban J connectivity index is 1.32. The predicted molar refractivity (Wildman–Crippen MR) is 123 cm³/mol. The molecule has 2 N–H and O–H groups in total. The molecule has 166 valence electrons. The molecular formula is C24H20N4O5. The highest BCUT2D eigenvalue weighted by Gasteiger charge is 2.07. The fourth-order valence-electron chi connectivity index (χ4n) is 3.07. The maximum absolute atomic E-state index is 12.2. The van der Waals surface area contributed by atoms with Crippen LogP contribution in [-0.4, -0.2) is 28.5 Å². The van der Waals surface area contributed by atoms with Gasteiger partial charge >= 0.3 is 12.0 Å². The Morgan fingerprint density at radius 3 is 2.27 bits per heavy atom. The van der Waals surface area contributed by atoms with Gasteiger partial charge in [-0.3, -0.25) is 9.20 Å². The van der Waals surface area contributed by atoms with Gasteiger partial charge in [0.25, 0.3) is 5.56 Å². The van der Waals surface area contributed by atoms with E-state index < -0.39 is 12.0 Å². The number of fused-ring (bicyclic) bond motifs is 1. The fourth-order valence-corrected chi connectivity index (χ4v) is 3.07. The van der Waals surface area contributed by atoms with Crippen LogP contribution in [-0.2, 0) is 11.3 Å². The second-order valence-corrected chi connectivity index (χ2v) is 6.98. The number of esters is 1. The van der Waals surface area contributed by atoms with Crippen LogP contribution in [0.25, 0.3) is 5.65 Å². The molecule has 4 rings (SSSR count). The Morgan fingerprint density at radius 1 is 0.939 bits per heavy atom. The van der Waals surface area contributed by atoms with Crippen LogP contribution in [0, 0.1) is 0 Å². The third-order valence-electron chi connectivity index (χ3n) is 4.69. The van der Waals surface area contributed by atoms with Crippen LogP contribution in [0.5, 0.6) is 5.75 Å². The number of nitrogens with zero attached hydrogens (tertiary/aromatic N) is 2. The van der Waals surface area contributed by atoms with Crippen molar-refractivity contribution in [3.05, 3.63) is 101 Å². The number of aromatic nitrogens is 2. The number of anilines is 2. The molecule has 4 aromatic rings. The maximum atomic E-state index is 12.2. The van der Waals surface area contributed by atoms with Gasteiger partial charge in [0.2, 0.25) is 0 Å². The maximum Gasteiger partial charge on any atom is 0.337 e. The summed E-state index contributed by atoms with van der Waals surface area (Å²) in [7, 11) is 1.31. The summed E-state index contributed by atoms with van der Waals surface area (Å²) in [5, 5.41) is 5.40. The van der Waals surface area contributed by atoms with Crippen LogP contribution >= 0.6 is 0 Å². The Morgan fingerprint density at radius 2 is 1.61 bits per heavy atom. The van der Waals surface area contributed by atoms with Gasteiger partial charge < -0.3 is 20.1 Å². The van der Waals surface area contributed by atoms with Crippen LogP contribution in [0.3, 0.4) is 0 Å². The predicted octanol–water partition coefficient (Wildman–Crippen LogP) is 3.70. The van der Waals surface area contributed by atoms with Crippen LogP contribution in [0.4, 0.5) is 16.2 Å². The summed E-state index contributed by atoms with van der Waals surface area (Å²) in [5.41, 5.74) is 2.37. The molecule has 2 amide bonds. The van der Waals surface area contributed by atoms with Crippen molar-refractivity contribution in [3.8, 4) is 5.75 Å². The first-order valence-electron chi connectivity index (χ1n) is 9.98. The largest absolute Gasteiger partial charge is 0.487 e. The smallest absolute Gasteiger partial charge is 0.337 e.